The topological polar surface area (TPSA) is 139 Å². The highest BCUT2D eigenvalue weighted by atomic mass is 35.5. The summed E-state index contributed by atoms with van der Waals surface area (Å²) in [5.41, 5.74) is 0.767. The van der Waals surface area contributed by atoms with Crippen molar-refractivity contribution in [2.24, 2.45) is 0 Å². The van der Waals surface area contributed by atoms with E-state index in [0.29, 0.717) is 13.0 Å². The standard InChI is InChI=1S/C30H35ClN4O7S/c1-5-25(30(37)32-6-2)33(17-16-22-10-8-7-9-11-22)29(36)20-34(27-18-23(31)13-15-28(27)42-4)43(40,41)24-14-12-21(3)26(19-24)35(38)39/h7-15,18-19,25H,5-6,16-17,20H2,1-4H3,(H,32,37)/t25-/m0/s1. The second kappa shape index (κ2) is 14.8. The smallest absolute Gasteiger partial charge is 0.273 e. The van der Waals surface area contributed by atoms with Gasteiger partial charge in [-0.1, -0.05) is 54.9 Å². The van der Waals surface area contributed by atoms with Gasteiger partial charge in [-0.05, 0) is 56.5 Å². The number of nitrogens with one attached hydrogen (secondary N) is 1. The monoisotopic (exact) mass is 630 g/mol. The molecule has 0 aromatic heterocycles. The number of halogens is 1. The molecule has 11 nitrogen and oxygen atoms in total. The van der Waals surface area contributed by atoms with Gasteiger partial charge in [0.2, 0.25) is 11.8 Å². The molecule has 2 amide bonds. The number of carbonyl (C=O) groups excluding carboxylic acids is 2. The first-order valence-electron chi connectivity index (χ1n) is 13.7. The van der Waals surface area contributed by atoms with Gasteiger partial charge in [0.25, 0.3) is 15.7 Å². The van der Waals surface area contributed by atoms with Gasteiger partial charge in [0.15, 0.2) is 0 Å². The summed E-state index contributed by atoms with van der Waals surface area (Å²) in [6, 6.07) is 16.3. The van der Waals surface area contributed by atoms with Gasteiger partial charge in [0, 0.05) is 29.7 Å². The Morgan fingerprint density at radius 2 is 1.77 bits per heavy atom. The Bertz CT molecular complexity index is 1570. The number of nitro groups is 1. The fourth-order valence-electron chi connectivity index (χ4n) is 4.63. The van der Waals surface area contributed by atoms with Gasteiger partial charge in [0.1, 0.15) is 18.3 Å². The number of anilines is 1. The maximum absolute atomic E-state index is 14.2. The van der Waals surface area contributed by atoms with E-state index in [2.05, 4.69) is 5.32 Å². The summed E-state index contributed by atoms with van der Waals surface area (Å²) < 4.78 is 34.6. The van der Waals surface area contributed by atoms with Gasteiger partial charge in [-0.25, -0.2) is 8.42 Å². The Kier molecular flexibility index (Phi) is 11.5. The van der Waals surface area contributed by atoms with Gasteiger partial charge >= 0.3 is 0 Å². The summed E-state index contributed by atoms with van der Waals surface area (Å²) in [7, 11) is -3.25. The van der Waals surface area contributed by atoms with Gasteiger partial charge in [-0.3, -0.25) is 24.0 Å². The molecule has 230 valence electrons. The van der Waals surface area contributed by atoms with Gasteiger partial charge in [0.05, 0.1) is 22.6 Å². The molecule has 3 aromatic carbocycles. The average molecular weight is 631 g/mol. The molecule has 43 heavy (non-hydrogen) atoms. The summed E-state index contributed by atoms with van der Waals surface area (Å²) in [4.78, 5) is 39.1. The van der Waals surface area contributed by atoms with Crippen molar-refractivity contribution in [3.63, 3.8) is 0 Å². The van der Waals surface area contributed by atoms with Gasteiger partial charge in [-0.2, -0.15) is 0 Å². The highest BCUT2D eigenvalue weighted by Crippen LogP contribution is 2.36. The van der Waals surface area contributed by atoms with Crippen molar-refractivity contribution in [3.05, 3.63) is 93.0 Å². The van der Waals surface area contributed by atoms with Crippen LogP contribution in [0.25, 0.3) is 0 Å². The maximum Gasteiger partial charge on any atom is 0.273 e. The van der Waals surface area contributed by atoms with Crippen LogP contribution in [0.5, 0.6) is 5.75 Å². The molecule has 0 unspecified atom stereocenters. The quantitative estimate of drug-likeness (QED) is 0.200. The maximum atomic E-state index is 14.2. The Labute approximate surface area is 256 Å². The highest BCUT2D eigenvalue weighted by molar-refractivity contribution is 7.92. The molecule has 3 aromatic rings. The molecule has 0 saturated carbocycles. The predicted molar refractivity (Wildman–Crippen MR) is 165 cm³/mol. The highest BCUT2D eigenvalue weighted by Gasteiger charge is 2.35. The number of aryl methyl sites for hydroxylation is 1. The number of sulfonamides is 1. The third-order valence-corrected chi connectivity index (χ3v) is 8.87. The van der Waals surface area contributed by atoms with E-state index in [1.165, 1.54) is 49.3 Å². The average Bonchev–Trinajstić information content (AvgIpc) is 2.98. The number of likely N-dealkylation sites (N-methyl/N-ethyl adjacent to an activating group) is 1. The Morgan fingerprint density at radius 1 is 1.07 bits per heavy atom. The van der Waals surface area contributed by atoms with Crippen LogP contribution in [0, 0.1) is 17.0 Å². The number of nitro benzene ring substituents is 1. The zero-order chi connectivity index (χ0) is 31.7. The lowest BCUT2D eigenvalue weighted by atomic mass is 10.1. The molecule has 0 radical (unpaired) electrons. The van der Waals surface area contributed by atoms with Crippen molar-refractivity contribution in [3.8, 4) is 5.75 Å². The minimum atomic E-state index is -4.59. The molecule has 1 N–H and O–H groups in total. The molecule has 0 aliphatic carbocycles. The number of ether oxygens (including phenoxy) is 1. The molecule has 0 aliphatic rings. The molecule has 3 rings (SSSR count). The first-order valence-corrected chi connectivity index (χ1v) is 15.5. The number of hydrogen-bond acceptors (Lipinski definition) is 7. The van der Waals surface area contributed by atoms with Crippen LogP contribution >= 0.6 is 11.6 Å². The first kappa shape index (κ1) is 33.3. The van der Waals surface area contributed by atoms with Crippen LogP contribution in [-0.4, -0.2) is 62.8 Å². The second-order valence-electron chi connectivity index (χ2n) is 9.67. The molecule has 0 spiro atoms. The molecule has 0 fully saturated rings. The minimum absolute atomic E-state index is 0.0411. The van der Waals surface area contributed by atoms with Crippen molar-refractivity contribution in [2.75, 3.05) is 31.0 Å². The minimum Gasteiger partial charge on any atom is -0.495 e. The molecular formula is C30H35ClN4O7S. The van der Waals surface area contributed by atoms with Crippen molar-refractivity contribution < 1.29 is 27.7 Å². The fraction of sp³-hybridized carbons (Fsp3) is 0.333. The number of carbonyl (C=O) groups is 2. The van der Waals surface area contributed by atoms with E-state index in [1.54, 1.807) is 13.8 Å². The lowest BCUT2D eigenvalue weighted by Gasteiger charge is -2.33. The SMILES string of the molecule is CCNC(=O)[C@H](CC)N(CCc1ccccc1)C(=O)CN(c1cc(Cl)ccc1OC)S(=O)(=O)c1ccc(C)c([N+](=O)[O-])c1. The van der Waals surface area contributed by atoms with E-state index < -0.39 is 44.0 Å². The summed E-state index contributed by atoms with van der Waals surface area (Å²) in [6.07, 6.45) is 0.698. The van der Waals surface area contributed by atoms with Crippen LogP contribution < -0.4 is 14.4 Å². The number of nitrogens with zero attached hydrogens (tertiary/aromatic N) is 3. The molecule has 0 bridgehead atoms. The van der Waals surface area contributed by atoms with E-state index >= 15 is 0 Å². The van der Waals surface area contributed by atoms with Crippen LogP contribution in [-0.2, 0) is 26.0 Å². The van der Waals surface area contributed by atoms with Crippen LogP contribution in [0.2, 0.25) is 5.02 Å². The number of hydrogen-bond donors (Lipinski definition) is 1. The zero-order valence-electron chi connectivity index (χ0n) is 24.4. The summed E-state index contributed by atoms with van der Waals surface area (Å²) in [5, 5.41) is 14.6. The number of methoxy groups -OCH3 is 1. The van der Waals surface area contributed by atoms with Crippen LogP contribution in [0.3, 0.4) is 0 Å². The lowest BCUT2D eigenvalue weighted by Crippen LogP contribution is -2.53. The molecule has 13 heteroatoms. The van der Waals surface area contributed by atoms with Gasteiger partial charge < -0.3 is 15.0 Å². The van der Waals surface area contributed by atoms with E-state index in [-0.39, 0.29) is 40.9 Å². The van der Waals surface area contributed by atoms with Crippen molar-refractivity contribution in [1.82, 2.24) is 10.2 Å². The van der Waals surface area contributed by atoms with Crippen LogP contribution in [0.4, 0.5) is 11.4 Å². The normalized spacial score (nSPS) is 11.8. The summed E-state index contributed by atoms with van der Waals surface area (Å²) >= 11 is 6.25. The zero-order valence-corrected chi connectivity index (χ0v) is 26.0. The molecule has 0 aliphatic heterocycles. The van der Waals surface area contributed by atoms with E-state index in [0.717, 1.165) is 15.9 Å². The van der Waals surface area contributed by atoms with E-state index in [9.17, 15) is 28.1 Å². The Hall–Kier alpha value is -4.16. The molecule has 0 heterocycles. The molecular weight excluding hydrogens is 596 g/mol. The molecule has 1 atom stereocenters. The largest absolute Gasteiger partial charge is 0.495 e. The Balaban J connectivity index is 2.14. The Morgan fingerprint density at radius 3 is 2.37 bits per heavy atom. The first-order chi connectivity index (χ1) is 20.4. The number of amides is 2. The van der Waals surface area contributed by atoms with Crippen LogP contribution in [0.1, 0.15) is 31.4 Å². The second-order valence-corrected chi connectivity index (χ2v) is 12.0. The van der Waals surface area contributed by atoms with Crippen molar-refractivity contribution in [2.45, 2.75) is 44.6 Å². The number of benzene rings is 3. The summed E-state index contributed by atoms with van der Waals surface area (Å²) in [6.45, 7) is 4.78. The molecule has 0 saturated heterocycles. The third-order valence-electron chi connectivity index (χ3n) is 6.87. The van der Waals surface area contributed by atoms with Crippen molar-refractivity contribution in [1.29, 1.82) is 0 Å². The number of rotatable bonds is 14. The third kappa shape index (κ3) is 8.02. The lowest BCUT2D eigenvalue weighted by molar-refractivity contribution is -0.385. The predicted octanol–water partition coefficient (Wildman–Crippen LogP) is 4.75. The fourth-order valence-corrected chi connectivity index (χ4v) is 6.24. The van der Waals surface area contributed by atoms with E-state index in [4.69, 9.17) is 16.3 Å². The van der Waals surface area contributed by atoms with E-state index in [1.807, 2.05) is 30.3 Å². The summed E-state index contributed by atoms with van der Waals surface area (Å²) in [5.74, 6) is -0.912. The van der Waals surface area contributed by atoms with Crippen LogP contribution in [0.15, 0.2) is 71.6 Å². The van der Waals surface area contributed by atoms with Gasteiger partial charge in [-0.15, -0.1) is 0 Å². The van der Waals surface area contributed by atoms with Crippen molar-refractivity contribution >= 4 is 44.8 Å².